The minimum Gasteiger partial charge on any atom is -0.490 e. The molecule has 0 aromatic heterocycles. The highest BCUT2D eigenvalue weighted by Gasteiger charge is 2.11. The molecular weight excluding hydrogens is 256 g/mol. The second-order valence-corrected chi connectivity index (χ2v) is 4.55. The maximum absolute atomic E-state index is 12.0. The first-order valence-corrected chi connectivity index (χ1v) is 7.01. The van der Waals surface area contributed by atoms with Gasteiger partial charge in [-0.2, -0.15) is 0 Å². The molecule has 0 spiro atoms. The Morgan fingerprint density at radius 1 is 1.25 bits per heavy atom. The van der Waals surface area contributed by atoms with Crippen LogP contribution in [0.1, 0.15) is 37.6 Å². The summed E-state index contributed by atoms with van der Waals surface area (Å²) in [6, 6.07) is 5.27. The minimum absolute atomic E-state index is 0.0783. The number of benzene rings is 1. The van der Waals surface area contributed by atoms with Crippen molar-refractivity contribution in [2.24, 2.45) is 5.73 Å². The molecule has 0 saturated carbocycles. The van der Waals surface area contributed by atoms with Crippen LogP contribution in [0, 0.1) is 0 Å². The van der Waals surface area contributed by atoms with Crippen LogP contribution in [0.25, 0.3) is 0 Å². The molecular formula is C15H24N2O3. The SMILES string of the molecule is CCOc1ccc(C(=O)NCCC(C)N)cc1OCC. The van der Waals surface area contributed by atoms with E-state index in [1.807, 2.05) is 20.8 Å². The van der Waals surface area contributed by atoms with E-state index in [-0.39, 0.29) is 11.9 Å². The van der Waals surface area contributed by atoms with E-state index in [0.717, 1.165) is 6.42 Å². The van der Waals surface area contributed by atoms with Crippen LogP contribution in [0.2, 0.25) is 0 Å². The average Bonchev–Trinajstić information content (AvgIpc) is 2.40. The highest BCUT2D eigenvalue weighted by Crippen LogP contribution is 2.28. The third-order valence-corrected chi connectivity index (χ3v) is 2.69. The van der Waals surface area contributed by atoms with Crippen molar-refractivity contribution in [1.29, 1.82) is 0 Å². The molecule has 112 valence electrons. The van der Waals surface area contributed by atoms with Crippen LogP contribution in [0.5, 0.6) is 11.5 Å². The van der Waals surface area contributed by atoms with Gasteiger partial charge < -0.3 is 20.5 Å². The van der Waals surface area contributed by atoms with Crippen molar-refractivity contribution in [3.05, 3.63) is 23.8 Å². The predicted octanol–water partition coefficient (Wildman–Crippen LogP) is 1.95. The van der Waals surface area contributed by atoms with Gasteiger partial charge in [-0.1, -0.05) is 0 Å². The Balaban J connectivity index is 2.74. The van der Waals surface area contributed by atoms with Crippen molar-refractivity contribution in [3.8, 4) is 11.5 Å². The molecule has 0 aliphatic carbocycles. The first-order chi connectivity index (χ1) is 9.58. The second-order valence-electron chi connectivity index (χ2n) is 4.55. The summed E-state index contributed by atoms with van der Waals surface area (Å²) in [5.74, 6) is 1.12. The summed E-state index contributed by atoms with van der Waals surface area (Å²) in [6.45, 7) is 7.36. The minimum atomic E-state index is -0.130. The van der Waals surface area contributed by atoms with Crippen molar-refractivity contribution in [3.63, 3.8) is 0 Å². The number of carbonyl (C=O) groups excluding carboxylic acids is 1. The number of hydrogen-bond acceptors (Lipinski definition) is 4. The van der Waals surface area contributed by atoms with Gasteiger partial charge in [-0.05, 0) is 45.4 Å². The van der Waals surface area contributed by atoms with Crippen LogP contribution >= 0.6 is 0 Å². The molecule has 0 aliphatic rings. The van der Waals surface area contributed by atoms with Gasteiger partial charge in [-0.25, -0.2) is 0 Å². The zero-order valence-electron chi connectivity index (χ0n) is 12.4. The summed E-state index contributed by atoms with van der Waals surface area (Å²) < 4.78 is 11.0. The summed E-state index contributed by atoms with van der Waals surface area (Å²) in [5, 5.41) is 2.84. The number of ether oxygens (including phenoxy) is 2. The van der Waals surface area contributed by atoms with Gasteiger partial charge in [0.25, 0.3) is 5.91 Å². The average molecular weight is 280 g/mol. The lowest BCUT2D eigenvalue weighted by atomic mass is 10.1. The van der Waals surface area contributed by atoms with Crippen LogP contribution in [-0.2, 0) is 0 Å². The fraction of sp³-hybridized carbons (Fsp3) is 0.533. The van der Waals surface area contributed by atoms with Crippen molar-refractivity contribution >= 4 is 5.91 Å². The molecule has 1 aromatic rings. The molecule has 0 bridgehead atoms. The molecule has 1 atom stereocenters. The number of nitrogens with one attached hydrogen (secondary N) is 1. The summed E-state index contributed by atoms with van der Waals surface area (Å²) in [4.78, 5) is 12.0. The van der Waals surface area contributed by atoms with Gasteiger partial charge in [0.05, 0.1) is 13.2 Å². The first kappa shape index (κ1) is 16.3. The topological polar surface area (TPSA) is 73.6 Å². The van der Waals surface area contributed by atoms with Gasteiger partial charge in [-0.3, -0.25) is 4.79 Å². The van der Waals surface area contributed by atoms with Crippen LogP contribution in [0.4, 0.5) is 0 Å². The lowest BCUT2D eigenvalue weighted by Gasteiger charge is -2.12. The number of nitrogens with two attached hydrogens (primary N) is 1. The molecule has 3 N–H and O–H groups in total. The summed E-state index contributed by atoms with van der Waals surface area (Å²) >= 11 is 0. The number of hydrogen-bond donors (Lipinski definition) is 2. The molecule has 5 nitrogen and oxygen atoms in total. The van der Waals surface area contributed by atoms with Crippen molar-refractivity contribution in [2.45, 2.75) is 33.2 Å². The molecule has 0 fully saturated rings. The molecule has 1 unspecified atom stereocenters. The van der Waals surface area contributed by atoms with Crippen LogP contribution < -0.4 is 20.5 Å². The Labute approximate surface area is 120 Å². The van der Waals surface area contributed by atoms with Crippen LogP contribution in [0.3, 0.4) is 0 Å². The van der Waals surface area contributed by atoms with E-state index in [2.05, 4.69) is 5.32 Å². The summed E-state index contributed by atoms with van der Waals surface area (Å²) in [7, 11) is 0. The first-order valence-electron chi connectivity index (χ1n) is 7.01. The molecule has 5 heteroatoms. The molecule has 1 amide bonds. The van der Waals surface area contributed by atoms with E-state index < -0.39 is 0 Å². The number of rotatable bonds is 8. The Kier molecular flexibility index (Phi) is 6.87. The number of carbonyl (C=O) groups is 1. The number of amides is 1. The van der Waals surface area contributed by atoms with E-state index >= 15 is 0 Å². The van der Waals surface area contributed by atoms with Crippen molar-refractivity contribution in [2.75, 3.05) is 19.8 Å². The van der Waals surface area contributed by atoms with E-state index in [1.54, 1.807) is 18.2 Å². The Morgan fingerprint density at radius 2 is 1.90 bits per heavy atom. The van der Waals surface area contributed by atoms with Gasteiger partial charge in [0.2, 0.25) is 0 Å². The van der Waals surface area contributed by atoms with E-state index in [1.165, 1.54) is 0 Å². The zero-order chi connectivity index (χ0) is 15.0. The molecule has 20 heavy (non-hydrogen) atoms. The zero-order valence-corrected chi connectivity index (χ0v) is 12.4. The van der Waals surface area contributed by atoms with Crippen LogP contribution in [0.15, 0.2) is 18.2 Å². The highest BCUT2D eigenvalue weighted by molar-refractivity contribution is 5.94. The second kappa shape index (κ2) is 8.43. The largest absolute Gasteiger partial charge is 0.490 e. The molecule has 1 aromatic carbocycles. The standard InChI is InChI=1S/C15H24N2O3/c1-4-19-13-7-6-12(10-14(13)20-5-2)15(18)17-9-8-11(3)16/h6-7,10-11H,4-5,8-9,16H2,1-3H3,(H,17,18). The van der Waals surface area contributed by atoms with E-state index in [0.29, 0.717) is 36.8 Å². The smallest absolute Gasteiger partial charge is 0.251 e. The highest BCUT2D eigenvalue weighted by atomic mass is 16.5. The quantitative estimate of drug-likeness (QED) is 0.763. The molecule has 0 aliphatic heterocycles. The fourth-order valence-corrected chi connectivity index (χ4v) is 1.71. The van der Waals surface area contributed by atoms with Crippen molar-refractivity contribution < 1.29 is 14.3 Å². The lowest BCUT2D eigenvalue weighted by molar-refractivity contribution is 0.0952. The maximum Gasteiger partial charge on any atom is 0.251 e. The Morgan fingerprint density at radius 3 is 2.50 bits per heavy atom. The van der Waals surface area contributed by atoms with E-state index in [4.69, 9.17) is 15.2 Å². The Hall–Kier alpha value is -1.75. The third kappa shape index (κ3) is 5.09. The van der Waals surface area contributed by atoms with Gasteiger partial charge in [-0.15, -0.1) is 0 Å². The molecule has 0 heterocycles. The summed E-state index contributed by atoms with van der Waals surface area (Å²) in [6.07, 6.45) is 0.751. The molecule has 0 radical (unpaired) electrons. The predicted molar refractivity (Wildman–Crippen MR) is 79.4 cm³/mol. The maximum atomic E-state index is 12.0. The molecule has 0 saturated heterocycles. The lowest BCUT2D eigenvalue weighted by Crippen LogP contribution is -2.28. The normalized spacial score (nSPS) is 11.8. The van der Waals surface area contributed by atoms with Crippen LogP contribution in [-0.4, -0.2) is 31.7 Å². The third-order valence-electron chi connectivity index (χ3n) is 2.69. The summed E-state index contributed by atoms with van der Waals surface area (Å²) in [5.41, 5.74) is 6.20. The van der Waals surface area contributed by atoms with Gasteiger partial charge in [0, 0.05) is 18.2 Å². The van der Waals surface area contributed by atoms with Gasteiger partial charge in [0.1, 0.15) is 0 Å². The van der Waals surface area contributed by atoms with Gasteiger partial charge >= 0.3 is 0 Å². The fourth-order valence-electron chi connectivity index (χ4n) is 1.71. The molecule has 1 rings (SSSR count). The van der Waals surface area contributed by atoms with Crippen molar-refractivity contribution in [1.82, 2.24) is 5.32 Å². The Bertz CT molecular complexity index is 433. The monoisotopic (exact) mass is 280 g/mol. The van der Waals surface area contributed by atoms with Gasteiger partial charge in [0.15, 0.2) is 11.5 Å². The van der Waals surface area contributed by atoms with E-state index in [9.17, 15) is 4.79 Å².